The normalized spacial score (nSPS) is 14.8. The molecular formula is C18H23N3O4S. The lowest BCUT2D eigenvalue weighted by Crippen LogP contribution is -2.36. The number of benzene rings is 1. The van der Waals surface area contributed by atoms with Crippen LogP contribution in [-0.4, -0.2) is 44.5 Å². The number of carbonyl (C=O) groups excluding carboxylic acids is 1. The number of amides is 1. The molecule has 0 aliphatic carbocycles. The molecule has 1 aliphatic rings. The molecule has 1 fully saturated rings. The van der Waals surface area contributed by atoms with E-state index in [0.29, 0.717) is 11.4 Å². The van der Waals surface area contributed by atoms with Gasteiger partial charge in [0.2, 0.25) is 15.9 Å². The van der Waals surface area contributed by atoms with Crippen LogP contribution in [0.15, 0.2) is 47.1 Å². The van der Waals surface area contributed by atoms with E-state index in [4.69, 9.17) is 4.42 Å². The highest BCUT2D eigenvalue weighted by Crippen LogP contribution is 2.22. The molecule has 7 nitrogen and oxygen atoms in total. The minimum absolute atomic E-state index is 0.0210. The maximum absolute atomic E-state index is 12.3. The highest BCUT2D eigenvalue weighted by Gasteiger charge is 2.21. The minimum atomic E-state index is -3.54. The number of hydrogen-bond donors (Lipinski definition) is 1. The minimum Gasteiger partial charge on any atom is -0.468 e. The number of nitrogens with zero attached hydrogens (tertiary/aromatic N) is 2. The molecule has 0 spiro atoms. The van der Waals surface area contributed by atoms with E-state index in [0.717, 1.165) is 29.3 Å². The third kappa shape index (κ3) is 4.86. The van der Waals surface area contributed by atoms with Crippen molar-refractivity contribution in [3.63, 3.8) is 0 Å². The van der Waals surface area contributed by atoms with Crippen LogP contribution in [0, 0.1) is 0 Å². The Bertz CT molecular complexity index is 826. The summed E-state index contributed by atoms with van der Waals surface area (Å²) >= 11 is 0. The van der Waals surface area contributed by atoms with Crippen LogP contribution in [0.5, 0.6) is 0 Å². The van der Waals surface area contributed by atoms with Crippen molar-refractivity contribution in [2.75, 3.05) is 36.1 Å². The zero-order chi connectivity index (χ0) is 18.6. The first-order valence-corrected chi connectivity index (χ1v) is 10.4. The van der Waals surface area contributed by atoms with Gasteiger partial charge in [-0.15, -0.1) is 0 Å². The molecule has 2 heterocycles. The lowest BCUT2D eigenvalue weighted by Gasteiger charge is -2.19. The highest BCUT2D eigenvalue weighted by atomic mass is 32.2. The Morgan fingerprint density at radius 2 is 1.88 bits per heavy atom. The molecule has 26 heavy (non-hydrogen) atoms. The maximum Gasteiger partial charge on any atom is 0.239 e. The van der Waals surface area contributed by atoms with Gasteiger partial charge in [0.05, 0.1) is 25.6 Å². The van der Waals surface area contributed by atoms with E-state index in [-0.39, 0.29) is 13.1 Å². The molecule has 0 saturated carbocycles. The van der Waals surface area contributed by atoms with E-state index >= 15 is 0 Å². The second kappa shape index (κ2) is 7.92. The first-order chi connectivity index (χ1) is 12.4. The lowest BCUT2D eigenvalue weighted by molar-refractivity contribution is -0.116. The van der Waals surface area contributed by atoms with Crippen molar-refractivity contribution < 1.29 is 17.6 Å². The van der Waals surface area contributed by atoms with Gasteiger partial charge in [0.1, 0.15) is 5.76 Å². The molecule has 1 aromatic heterocycles. The average molecular weight is 377 g/mol. The summed E-state index contributed by atoms with van der Waals surface area (Å²) in [5, 5.41) is 2.75. The Kier molecular flexibility index (Phi) is 5.63. The number of hydrogen-bond acceptors (Lipinski definition) is 5. The first kappa shape index (κ1) is 18.5. The number of anilines is 2. The second-order valence-corrected chi connectivity index (χ2v) is 8.38. The van der Waals surface area contributed by atoms with Gasteiger partial charge in [-0.25, -0.2) is 8.42 Å². The summed E-state index contributed by atoms with van der Waals surface area (Å²) < 4.78 is 30.1. The molecule has 140 valence electrons. The summed E-state index contributed by atoms with van der Waals surface area (Å²) in [6, 6.07) is 11.0. The second-order valence-electron chi connectivity index (χ2n) is 6.40. The summed E-state index contributed by atoms with van der Waals surface area (Å²) in [6.45, 7) is 1.87. The molecule has 1 aliphatic heterocycles. The van der Waals surface area contributed by atoms with E-state index < -0.39 is 15.9 Å². The quantitative estimate of drug-likeness (QED) is 0.800. The number of sulfonamides is 1. The monoisotopic (exact) mass is 377 g/mol. The van der Waals surface area contributed by atoms with Crippen LogP contribution in [0.4, 0.5) is 11.4 Å². The predicted molar refractivity (Wildman–Crippen MR) is 100 cm³/mol. The van der Waals surface area contributed by atoms with E-state index in [2.05, 4.69) is 10.2 Å². The van der Waals surface area contributed by atoms with Gasteiger partial charge in [0.25, 0.3) is 0 Å². The zero-order valence-corrected chi connectivity index (χ0v) is 15.5. The fourth-order valence-corrected chi connectivity index (χ4v) is 3.67. The zero-order valence-electron chi connectivity index (χ0n) is 14.7. The van der Waals surface area contributed by atoms with Crippen LogP contribution >= 0.6 is 0 Å². The Morgan fingerprint density at radius 1 is 1.19 bits per heavy atom. The molecule has 2 aromatic rings. The van der Waals surface area contributed by atoms with E-state index in [1.165, 1.54) is 19.1 Å². The molecule has 1 saturated heterocycles. The van der Waals surface area contributed by atoms with Crippen LogP contribution in [0.1, 0.15) is 18.6 Å². The molecule has 8 heteroatoms. The summed E-state index contributed by atoms with van der Waals surface area (Å²) in [7, 11) is -3.54. The smallest absolute Gasteiger partial charge is 0.239 e. The fourth-order valence-electron chi connectivity index (χ4n) is 2.96. The molecule has 0 radical (unpaired) electrons. The van der Waals surface area contributed by atoms with Gasteiger partial charge in [-0.1, -0.05) is 0 Å². The van der Waals surface area contributed by atoms with Crippen molar-refractivity contribution in [2.45, 2.75) is 19.4 Å². The standard InChI is InChI=1S/C18H23N3O4S/c1-26(23,24)21(13-17-5-4-12-25-17)14-18(22)19-15-6-8-16(9-7-15)20-10-2-3-11-20/h4-9,12H,2-3,10-11,13-14H2,1H3,(H,19,22). The van der Waals surface area contributed by atoms with Crippen molar-refractivity contribution in [3.8, 4) is 0 Å². The van der Waals surface area contributed by atoms with E-state index in [9.17, 15) is 13.2 Å². The van der Waals surface area contributed by atoms with Crippen molar-refractivity contribution >= 4 is 27.3 Å². The Hall–Kier alpha value is -2.32. The van der Waals surface area contributed by atoms with Crippen molar-refractivity contribution in [2.24, 2.45) is 0 Å². The number of carbonyl (C=O) groups is 1. The van der Waals surface area contributed by atoms with Gasteiger partial charge in [0.15, 0.2) is 0 Å². The summed E-state index contributed by atoms with van der Waals surface area (Å²) in [4.78, 5) is 14.6. The van der Waals surface area contributed by atoms with Gasteiger partial charge in [-0.05, 0) is 49.2 Å². The van der Waals surface area contributed by atoms with Crippen molar-refractivity contribution in [1.29, 1.82) is 0 Å². The summed E-state index contributed by atoms with van der Waals surface area (Å²) in [5.74, 6) is 0.0918. The van der Waals surface area contributed by atoms with Gasteiger partial charge in [-0.2, -0.15) is 4.31 Å². The number of nitrogens with one attached hydrogen (secondary N) is 1. The average Bonchev–Trinajstić information content (AvgIpc) is 3.28. The van der Waals surface area contributed by atoms with Gasteiger partial charge < -0.3 is 14.6 Å². The molecule has 0 bridgehead atoms. The topological polar surface area (TPSA) is 82.9 Å². The van der Waals surface area contributed by atoms with Gasteiger partial charge in [-0.3, -0.25) is 4.79 Å². The van der Waals surface area contributed by atoms with Crippen LogP contribution in [0.2, 0.25) is 0 Å². The maximum atomic E-state index is 12.3. The van der Waals surface area contributed by atoms with Crippen molar-refractivity contribution in [1.82, 2.24) is 4.31 Å². The number of furan rings is 1. The van der Waals surface area contributed by atoms with Crippen LogP contribution in [0.3, 0.4) is 0 Å². The van der Waals surface area contributed by atoms with Gasteiger partial charge >= 0.3 is 0 Å². The SMILES string of the molecule is CS(=O)(=O)N(CC(=O)Nc1ccc(N2CCCC2)cc1)Cc1ccco1. The molecule has 1 amide bonds. The van der Waals surface area contributed by atoms with E-state index in [1.807, 2.05) is 24.3 Å². The summed E-state index contributed by atoms with van der Waals surface area (Å²) in [5.41, 5.74) is 1.78. The summed E-state index contributed by atoms with van der Waals surface area (Å²) in [6.07, 6.45) is 4.96. The third-order valence-electron chi connectivity index (χ3n) is 4.32. The van der Waals surface area contributed by atoms with Crippen LogP contribution in [0.25, 0.3) is 0 Å². The van der Waals surface area contributed by atoms with Crippen LogP contribution < -0.4 is 10.2 Å². The molecule has 1 aromatic carbocycles. The lowest BCUT2D eigenvalue weighted by atomic mass is 10.2. The molecule has 0 atom stereocenters. The Morgan fingerprint density at radius 3 is 2.46 bits per heavy atom. The predicted octanol–water partition coefficient (Wildman–Crippen LogP) is 2.28. The Balaban J connectivity index is 1.60. The molecule has 3 rings (SSSR count). The van der Waals surface area contributed by atoms with Gasteiger partial charge in [0, 0.05) is 24.5 Å². The molecular weight excluding hydrogens is 354 g/mol. The van der Waals surface area contributed by atoms with E-state index in [1.54, 1.807) is 12.1 Å². The fraction of sp³-hybridized carbons (Fsp3) is 0.389. The molecule has 1 N–H and O–H groups in total. The third-order valence-corrected chi connectivity index (χ3v) is 5.52. The van der Waals surface area contributed by atoms with Crippen LogP contribution in [-0.2, 0) is 21.4 Å². The largest absolute Gasteiger partial charge is 0.468 e. The first-order valence-electron chi connectivity index (χ1n) is 8.54. The highest BCUT2D eigenvalue weighted by molar-refractivity contribution is 7.88. The van der Waals surface area contributed by atoms with Crippen molar-refractivity contribution in [3.05, 3.63) is 48.4 Å². The number of rotatable bonds is 7. The Labute approximate surface area is 153 Å². The molecule has 0 unspecified atom stereocenters.